The Morgan fingerprint density at radius 2 is 1.92 bits per heavy atom. The minimum atomic E-state index is -2.61. The molecule has 0 aliphatic carbocycles. The van der Waals surface area contributed by atoms with Crippen molar-refractivity contribution in [3.05, 3.63) is 27.9 Å². The van der Waals surface area contributed by atoms with Crippen LogP contribution in [-0.2, 0) is 11.4 Å². The van der Waals surface area contributed by atoms with Gasteiger partial charge in [-0.05, 0) is 19.9 Å². The quantitative estimate of drug-likeness (QED) is 0.521. The lowest BCUT2D eigenvalue weighted by molar-refractivity contribution is 0.454. The maximum absolute atomic E-state index is 10.5. The van der Waals surface area contributed by atoms with E-state index in [4.69, 9.17) is 13.3 Å². The Balaban J connectivity index is 0.000000310. The van der Waals surface area contributed by atoms with E-state index in [0.717, 1.165) is 11.4 Å². The van der Waals surface area contributed by atoms with Crippen molar-refractivity contribution in [1.82, 2.24) is 9.97 Å². The molecule has 13 heavy (non-hydrogen) atoms. The third kappa shape index (κ3) is 7.32. The van der Waals surface area contributed by atoms with E-state index in [-0.39, 0.29) is 5.69 Å². The monoisotopic (exact) mass is 206 g/mol. The van der Waals surface area contributed by atoms with Gasteiger partial charge in [0, 0.05) is 11.4 Å². The molecule has 7 heteroatoms. The molecule has 0 saturated heterocycles. The van der Waals surface area contributed by atoms with Gasteiger partial charge in [0.05, 0.1) is 0 Å². The number of nitrogens with one attached hydrogen (secondary N) is 1. The number of aromatic nitrogens is 2. The van der Waals surface area contributed by atoms with Crippen molar-refractivity contribution in [2.45, 2.75) is 13.8 Å². The molecule has 1 aromatic heterocycles. The van der Waals surface area contributed by atoms with Crippen LogP contribution in [0, 0.1) is 13.8 Å². The van der Waals surface area contributed by atoms with Crippen LogP contribution in [0.25, 0.3) is 0 Å². The first-order valence-corrected chi connectivity index (χ1v) is 4.32. The lowest BCUT2D eigenvalue weighted by atomic mass is 10.4. The normalized spacial score (nSPS) is 9.31. The van der Waals surface area contributed by atoms with Gasteiger partial charge in [-0.25, -0.2) is 4.79 Å². The highest BCUT2D eigenvalue weighted by atomic mass is 32.2. The van der Waals surface area contributed by atoms with Crippen molar-refractivity contribution in [1.29, 1.82) is 0 Å². The zero-order valence-electron chi connectivity index (χ0n) is 7.14. The Morgan fingerprint density at radius 1 is 1.46 bits per heavy atom. The molecule has 74 valence electrons. The van der Waals surface area contributed by atoms with Crippen LogP contribution < -0.4 is 5.69 Å². The zero-order valence-corrected chi connectivity index (χ0v) is 7.96. The van der Waals surface area contributed by atoms with Crippen molar-refractivity contribution >= 4 is 11.4 Å². The molecule has 0 aliphatic rings. The van der Waals surface area contributed by atoms with Crippen LogP contribution in [0.3, 0.4) is 0 Å². The molecule has 0 aromatic carbocycles. The first-order chi connectivity index (χ1) is 5.91. The van der Waals surface area contributed by atoms with Gasteiger partial charge in [0.1, 0.15) is 0 Å². The minimum Gasteiger partial charge on any atom is -0.310 e. The van der Waals surface area contributed by atoms with Crippen LogP contribution in [0.15, 0.2) is 10.9 Å². The van der Waals surface area contributed by atoms with Crippen molar-refractivity contribution in [2.75, 3.05) is 0 Å². The Bertz CT molecular complexity index is 321. The average molecular weight is 206 g/mol. The summed E-state index contributed by atoms with van der Waals surface area (Å²) < 4.78 is 22.8. The van der Waals surface area contributed by atoms with E-state index in [1.54, 1.807) is 6.92 Å². The smallest absolute Gasteiger partial charge is 0.310 e. The van der Waals surface area contributed by atoms with Gasteiger partial charge in [0.25, 0.3) is 11.4 Å². The number of aryl methyl sites for hydroxylation is 2. The zero-order chi connectivity index (χ0) is 10.4. The second-order valence-corrected chi connectivity index (χ2v) is 2.70. The molecule has 1 aromatic rings. The fourth-order valence-electron chi connectivity index (χ4n) is 0.738. The average Bonchev–Trinajstić information content (AvgIpc) is 1.80. The Kier molecular flexibility index (Phi) is 5.12. The fraction of sp³-hybridized carbons (Fsp3) is 0.333. The van der Waals surface area contributed by atoms with E-state index in [1.165, 1.54) is 0 Å². The van der Waals surface area contributed by atoms with Gasteiger partial charge in [-0.1, -0.05) is 0 Å². The van der Waals surface area contributed by atoms with Crippen molar-refractivity contribution in [3.8, 4) is 0 Å². The van der Waals surface area contributed by atoms with Crippen LogP contribution in [0.5, 0.6) is 0 Å². The van der Waals surface area contributed by atoms with E-state index in [1.807, 2.05) is 13.0 Å². The second kappa shape index (κ2) is 5.57. The summed E-state index contributed by atoms with van der Waals surface area (Å²) in [7, 11) is 0. The lowest BCUT2D eigenvalue weighted by Gasteiger charge is -1.90. The molecule has 3 N–H and O–H groups in total. The predicted molar refractivity (Wildman–Crippen MR) is 47.7 cm³/mol. The van der Waals surface area contributed by atoms with E-state index in [9.17, 15) is 4.79 Å². The third-order valence-corrected chi connectivity index (χ3v) is 1.01. The van der Waals surface area contributed by atoms with Gasteiger partial charge in [-0.15, -0.1) is 0 Å². The molecule has 0 radical (unpaired) electrons. The summed E-state index contributed by atoms with van der Waals surface area (Å²) in [5, 5.41) is 0. The SMILES string of the molecule is Cc1cc(C)[nH]c(=O)n1.O=S(O)O. The van der Waals surface area contributed by atoms with Gasteiger partial charge in [0.15, 0.2) is 0 Å². The van der Waals surface area contributed by atoms with E-state index in [0.29, 0.717) is 0 Å². The molecule has 1 rings (SSSR count). The summed E-state index contributed by atoms with van der Waals surface area (Å²) in [6.07, 6.45) is 0. The van der Waals surface area contributed by atoms with E-state index < -0.39 is 11.4 Å². The van der Waals surface area contributed by atoms with E-state index >= 15 is 0 Å². The molecule has 0 saturated carbocycles. The minimum absolute atomic E-state index is 0.271. The van der Waals surface area contributed by atoms with Gasteiger partial charge in [0.2, 0.25) is 0 Å². The number of hydrogen-bond acceptors (Lipinski definition) is 3. The van der Waals surface area contributed by atoms with Crippen LogP contribution in [-0.4, -0.2) is 23.3 Å². The molecule has 1 heterocycles. The second-order valence-electron chi connectivity index (χ2n) is 2.24. The molecule has 0 atom stereocenters. The summed E-state index contributed by atoms with van der Waals surface area (Å²) in [6.45, 7) is 3.62. The van der Waals surface area contributed by atoms with Gasteiger partial charge < -0.3 is 4.98 Å². The fourth-order valence-corrected chi connectivity index (χ4v) is 0.738. The van der Waals surface area contributed by atoms with Crippen LogP contribution in [0.1, 0.15) is 11.4 Å². The third-order valence-electron chi connectivity index (χ3n) is 1.01. The predicted octanol–water partition coefficient (Wildman–Crippen LogP) is 0.0678. The Labute approximate surface area is 77.1 Å². The van der Waals surface area contributed by atoms with Gasteiger partial charge in [-0.3, -0.25) is 9.11 Å². The molecular weight excluding hydrogens is 196 g/mol. The lowest BCUT2D eigenvalue weighted by Crippen LogP contribution is -2.11. The maximum atomic E-state index is 10.5. The summed E-state index contributed by atoms with van der Waals surface area (Å²) in [6, 6.07) is 1.82. The first-order valence-electron chi connectivity index (χ1n) is 3.26. The first kappa shape index (κ1) is 11.9. The highest BCUT2D eigenvalue weighted by Gasteiger charge is 1.88. The highest BCUT2D eigenvalue weighted by molar-refractivity contribution is 7.73. The van der Waals surface area contributed by atoms with Crippen molar-refractivity contribution in [2.24, 2.45) is 0 Å². The molecule has 0 spiro atoms. The molecule has 0 aliphatic heterocycles. The molecular formula is C6H10N2O4S. The molecule has 0 unspecified atom stereocenters. The molecule has 0 amide bonds. The van der Waals surface area contributed by atoms with Crippen LogP contribution >= 0.6 is 0 Å². The van der Waals surface area contributed by atoms with Crippen LogP contribution in [0.2, 0.25) is 0 Å². The van der Waals surface area contributed by atoms with Crippen LogP contribution in [0.4, 0.5) is 0 Å². The summed E-state index contributed by atoms with van der Waals surface area (Å²) >= 11 is -2.61. The largest absolute Gasteiger partial charge is 0.345 e. The topological polar surface area (TPSA) is 103 Å². The number of nitrogens with zero attached hydrogens (tertiary/aromatic N) is 1. The van der Waals surface area contributed by atoms with Crippen molar-refractivity contribution < 1.29 is 13.3 Å². The van der Waals surface area contributed by atoms with Gasteiger partial charge >= 0.3 is 5.69 Å². The molecule has 0 bridgehead atoms. The number of rotatable bonds is 0. The highest BCUT2D eigenvalue weighted by Crippen LogP contribution is 1.88. The van der Waals surface area contributed by atoms with Gasteiger partial charge in [-0.2, -0.15) is 9.19 Å². The Morgan fingerprint density at radius 3 is 2.23 bits per heavy atom. The summed E-state index contributed by atoms with van der Waals surface area (Å²) in [4.78, 5) is 16.7. The number of hydrogen-bond donors (Lipinski definition) is 3. The molecule has 6 nitrogen and oxygen atoms in total. The molecule has 0 fully saturated rings. The standard InChI is InChI=1S/C6H8N2O.H2O3S/c1-4-3-5(2)8-6(9)7-4;1-4(2)3/h3H,1-2H3,(H,7,8,9);(H2,1,2,3). The number of H-pyrrole nitrogens is 1. The van der Waals surface area contributed by atoms with Crippen molar-refractivity contribution in [3.63, 3.8) is 0 Å². The number of aromatic amines is 1. The summed E-state index contributed by atoms with van der Waals surface area (Å²) in [5.41, 5.74) is 1.34. The van der Waals surface area contributed by atoms with E-state index in [2.05, 4.69) is 9.97 Å². The summed E-state index contributed by atoms with van der Waals surface area (Å²) in [5.74, 6) is 0. The Hall–Kier alpha value is -1.05. The maximum Gasteiger partial charge on any atom is 0.345 e.